The van der Waals surface area contributed by atoms with Crippen LogP contribution in [0, 0.1) is 0 Å². The molecule has 2 aromatic rings. The molecule has 1 N–H and O–H groups in total. The summed E-state index contributed by atoms with van der Waals surface area (Å²) in [6.45, 7) is 2.08. The molecule has 2 aliphatic rings. The number of nitrogens with zero attached hydrogens (tertiary/aromatic N) is 1. The van der Waals surface area contributed by atoms with Crippen molar-refractivity contribution in [2.45, 2.75) is 38.4 Å². The SMILES string of the molecule is Oc1ccc2c(c1)C(N1Cc3ccccc3C1)CCC2. The molecule has 4 rings (SSSR count). The molecule has 0 bridgehead atoms. The van der Waals surface area contributed by atoms with E-state index in [1.54, 1.807) is 0 Å². The Morgan fingerprint density at radius 2 is 1.70 bits per heavy atom. The predicted octanol–water partition coefficient (Wildman–Crippen LogP) is 3.79. The van der Waals surface area contributed by atoms with Gasteiger partial charge in [-0.3, -0.25) is 4.90 Å². The Bertz CT molecular complexity index is 625. The molecule has 1 aliphatic heterocycles. The molecule has 0 amide bonds. The van der Waals surface area contributed by atoms with E-state index >= 15 is 0 Å². The molecule has 0 spiro atoms. The van der Waals surface area contributed by atoms with Gasteiger partial charge in [-0.25, -0.2) is 0 Å². The van der Waals surface area contributed by atoms with Crippen molar-refractivity contribution in [1.29, 1.82) is 0 Å². The lowest BCUT2D eigenvalue weighted by Crippen LogP contribution is -2.26. The van der Waals surface area contributed by atoms with Crippen LogP contribution in [-0.4, -0.2) is 10.0 Å². The largest absolute Gasteiger partial charge is 0.508 e. The summed E-state index contributed by atoms with van der Waals surface area (Å²) in [5.74, 6) is 0.396. The second-order valence-electron chi connectivity index (χ2n) is 5.96. The summed E-state index contributed by atoms with van der Waals surface area (Å²) in [6, 6.07) is 15.1. The van der Waals surface area contributed by atoms with E-state index < -0.39 is 0 Å². The van der Waals surface area contributed by atoms with Crippen molar-refractivity contribution < 1.29 is 5.11 Å². The van der Waals surface area contributed by atoms with Crippen molar-refractivity contribution in [3.8, 4) is 5.75 Å². The van der Waals surface area contributed by atoms with Crippen molar-refractivity contribution >= 4 is 0 Å². The monoisotopic (exact) mass is 265 g/mol. The van der Waals surface area contributed by atoms with Crippen LogP contribution < -0.4 is 0 Å². The maximum Gasteiger partial charge on any atom is 0.115 e. The molecular formula is C18H19NO. The fourth-order valence-electron chi connectivity index (χ4n) is 3.72. The van der Waals surface area contributed by atoms with Gasteiger partial charge in [0.1, 0.15) is 5.75 Å². The average Bonchev–Trinajstić information content (AvgIpc) is 2.90. The maximum absolute atomic E-state index is 9.80. The summed E-state index contributed by atoms with van der Waals surface area (Å²) in [5, 5.41) is 9.80. The number of fused-ring (bicyclic) bond motifs is 2. The van der Waals surface area contributed by atoms with Gasteiger partial charge < -0.3 is 5.11 Å². The Morgan fingerprint density at radius 3 is 2.45 bits per heavy atom. The van der Waals surface area contributed by atoms with E-state index in [0.29, 0.717) is 11.8 Å². The molecule has 0 saturated heterocycles. The van der Waals surface area contributed by atoms with E-state index in [0.717, 1.165) is 19.5 Å². The number of hydrogen-bond donors (Lipinski definition) is 1. The minimum atomic E-state index is 0.396. The maximum atomic E-state index is 9.80. The third-order valence-electron chi connectivity index (χ3n) is 4.72. The topological polar surface area (TPSA) is 23.5 Å². The van der Waals surface area contributed by atoms with Crippen LogP contribution in [-0.2, 0) is 19.5 Å². The summed E-state index contributed by atoms with van der Waals surface area (Å²) in [4.78, 5) is 2.56. The fourth-order valence-corrected chi connectivity index (χ4v) is 3.72. The summed E-state index contributed by atoms with van der Waals surface area (Å²) in [6.07, 6.45) is 3.59. The van der Waals surface area contributed by atoms with Gasteiger partial charge in [0.2, 0.25) is 0 Å². The van der Waals surface area contributed by atoms with Crippen LogP contribution in [0.25, 0.3) is 0 Å². The number of benzene rings is 2. The van der Waals surface area contributed by atoms with Crippen molar-refractivity contribution in [3.05, 3.63) is 64.7 Å². The van der Waals surface area contributed by atoms with E-state index in [1.165, 1.54) is 35.1 Å². The van der Waals surface area contributed by atoms with Crippen LogP contribution in [0.5, 0.6) is 5.75 Å². The number of aromatic hydroxyl groups is 1. The molecule has 2 aromatic carbocycles. The van der Waals surface area contributed by atoms with Crippen LogP contribution in [0.2, 0.25) is 0 Å². The van der Waals surface area contributed by atoms with Gasteiger partial charge in [-0.15, -0.1) is 0 Å². The number of rotatable bonds is 1. The highest BCUT2D eigenvalue weighted by molar-refractivity contribution is 5.40. The normalized spacial score (nSPS) is 21.5. The quantitative estimate of drug-likeness (QED) is 0.848. The second-order valence-corrected chi connectivity index (χ2v) is 5.96. The van der Waals surface area contributed by atoms with Gasteiger partial charge in [0.25, 0.3) is 0 Å². The third kappa shape index (κ3) is 1.92. The smallest absolute Gasteiger partial charge is 0.115 e. The molecule has 0 aromatic heterocycles. The van der Waals surface area contributed by atoms with Gasteiger partial charge in [-0.05, 0) is 53.6 Å². The van der Waals surface area contributed by atoms with Gasteiger partial charge >= 0.3 is 0 Å². The molecule has 0 radical (unpaired) electrons. The first-order valence-corrected chi connectivity index (χ1v) is 7.44. The molecular weight excluding hydrogens is 246 g/mol. The highest BCUT2D eigenvalue weighted by Gasteiger charge is 2.30. The van der Waals surface area contributed by atoms with Crippen LogP contribution in [0.4, 0.5) is 0 Å². The Labute approximate surface area is 119 Å². The molecule has 102 valence electrons. The fraction of sp³-hybridized carbons (Fsp3) is 0.333. The van der Waals surface area contributed by atoms with E-state index in [-0.39, 0.29) is 0 Å². The van der Waals surface area contributed by atoms with Crippen molar-refractivity contribution in [2.75, 3.05) is 0 Å². The molecule has 1 unspecified atom stereocenters. The first kappa shape index (κ1) is 12.0. The Hall–Kier alpha value is -1.80. The van der Waals surface area contributed by atoms with E-state index in [2.05, 4.69) is 35.2 Å². The van der Waals surface area contributed by atoms with Crippen molar-refractivity contribution in [2.24, 2.45) is 0 Å². The summed E-state index contributed by atoms with van der Waals surface area (Å²) >= 11 is 0. The zero-order chi connectivity index (χ0) is 13.5. The Kier molecular flexibility index (Phi) is 2.78. The average molecular weight is 265 g/mol. The molecule has 1 aliphatic carbocycles. The first-order valence-electron chi connectivity index (χ1n) is 7.44. The van der Waals surface area contributed by atoms with Gasteiger partial charge in [-0.1, -0.05) is 30.3 Å². The van der Waals surface area contributed by atoms with Crippen molar-refractivity contribution in [3.63, 3.8) is 0 Å². The van der Waals surface area contributed by atoms with Crippen LogP contribution in [0.3, 0.4) is 0 Å². The number of phenols is 1. The lowest BCUT2D eigenvalue weighted by Gasteiger charge is -2.33. The zero-order valence-corrected chi connectivity index (χ0v) is 11.5. The summed E-state index contributed by atoms with van der Waals surface area (Å²) < 4.78 is 0. The molecule has 0 fully saturated rings. The van der Waals surface area contributed by atoms with Crippen LogP contribution in [0.1, 0.15) is 41.1 Å². The number of aryl methyl sites for hydroxylation is 1. The predicted molar refractivity (Wildman–Crippen MR) is 79.5 cm³/mol. The van der Waals surface area contributed by atoms with Crippen LogP contribution in [0.15, 0.2) is 42.5 Å². The molecule has 20 heavy (non-hydrogen) atoms. The Balaban J connectivity index is 1.67. The van der Waals surface area contributed by atoms with Crippen LogP contribution >= 0.6 is 0 Å². The highest BCUT2D eigenvalue weighted by atomic mass is 16.3. The van der Waals surface area contributed by atoms with E-state index in [1.807, 2.05) is 12.1 Å². The highest BCUT2D eigenvalue weighted by Crippen LogP contribution is 2.39. The molecule has 2 nitrogen and oxygen atoms in total. The third-order valence-corrected chi connectivity index (χ3v) is 4.72. The number of phenolic OH excluding ortho intramolecular Hbond substituents is 1. The molecule has 1 atom stereocenters. The lowest BCUT2D eigenvalue weighted by molar-refractivity contribution is 0.180. The summed E-state index contributed by atoms with van der Waals surface area (Å²) in [7, 11) is 0. The summed E-state index contributed by atoms with van der Waals surface area (Å²) in [5.41, 5.74) is 5.67. The molecule has 2 heteroatoms. The zero-order valence-electron chi connectivity index (χ0n) is 11.5. The van der Waals surface area contributed by atoms with Gasteiger partial charge in [0, 0.05) is 19.1 Å². The van der Waals surface area contributed by atoms with Crippen molar-refractivity contribution in [1.82, 2.24) is 4.90 Å². The van der Waals surface area contributed by atoms with Gasteiger partial charge in [0.15, 0.2) is 0 Å². The molecule has 1 heterocycles. The van der Waals surface area contributed by atoms with Gasteiger partial charge in [0.05, 0.1) is 0 Å². The lowest BCUT2D eigenvalue weighted by atomic mass is 9.86. The first-order chi connectivity index (χ1) is 9.81. The van der Waals surface area contributed by atoms with E-state index in [9.17, 15) is 5.11 Å². The Morgan fingerprint density at radius 1 is 0.950 bits per heavy atom. The molecule has 0 saturated carbocycles. The standard InChI is InChI=1S/C18H19NO/c20-16-9-8-13-6-3-7-18(17(13)10-16)19-11-14-4-1-2-5-15(14)12-19/h1-2,4-5,8-10,18,20H,3,6-7,11-12H2. The number of hydrogen-bond acceptors (Lipinski definition) is 2. The van der Waals surface area contributed by atoms with Gasteiger partial charge in [-0.2, -0.15) is 0 Å². The van der Waals surface area contributed by atoms with E-state index in [4.69, 9.17) is 0 Å². The minimum absolute atomic E-state index is 0.396. The second kappa shape index (κ2) is 4.64. The minimum Gasteiger partial charge on any atom is -0.508 e.